The zero-order chi connectivity index (χ0) is 20.6. The lowest BCUT2D eigenvalue weighted by atomic mass is 9.87. The van der Waals surface area contributed by atoms with Crippen LogP contribution in [-0.2, 0) is 12.0 Å². The first-order valence-electron chi connectivity index (χ1n) is 9.43. The Morgan fingerprint density at radius 1 is 1.07 bits per heavy atom. The molecule has 0 aliphatic rings. The molecule has 0 fully saturated rings. The Hall–Kier alpha value is -3.61. The molecule has 0 saturated carbocycles. The number of phenols is 1. The molecule has 29 heavy (non-hydrogen) atoms. The van der Waals surface area contributed by atoms with Gasteiger partial charge in [-0.2, -0.15) is 9.50 Å². The van der Waals surface area contributed by atoms with Crippen molar-refractivity contribution in [3.8, 4) is 17.1 Å². The Kier molecular flexibility index (Phi) is 4.58. The zero-order valence-corrected chi connectivity index (χ0v) is 16.6. The largest absolute Gasteiger partial charge is 0.506 e. The van der Waals surface area contributed by atoms with Gasteiger partial charge in [0, 0.05) is 11.6 Å². The van der Waals surface area contributed by atoms with Crippen molar-refractivity contribution < 1.29 is 5.11 Å². The number of phenolic OH excluding ortho intramolecular Hbond substituents is 1. The van der Waals surface area contributed by atoms with E-state index in [1.807, 2.05) is 18.2 Å². The third-order valence-electron chi connectivity index (χ3n) is 4.77. The predicted molar refractivity (Wildman–Crippen MR) is 113 cm³/mol. The smallest absolute Gasteiger partial charge is 0.274 e. The first-order chi connectivity index (χ1) is 13.8. The van der Waals surface area contributed by atoms with Gasteiger partial charge in [-0.15, -0.1) is 0 Å². The molecule has 4 aromatic rings. The van der Waals surface area contributed by atoms with Crippen molar-refractivity contribution in [3.05, 3.63) is 76.2 Å². The summed E-state index contributed by atoms with van der Waals surface area (Å²) in [5.74, 6) is 1.04. The minimum Gasteiger partial charge on any atom is -0.506 e. The number of benzene rings is 2. The quantitative estimate of drug-likeness (QED) is 0.463. The minimum atomic E-state index is -0.242. The van der Waals surface area contributed by atoms with Gasteiger partial charge in [0.1, 0.15) is 5.75 Å². The number of hydrogen-bond donors (Lipinski definition) is 3. The van der Waals surface area contributed by atoms with E-state index in [1.54, 1.807) is 18.2 Å². The summed E-state index contributed by atoms with van der Waals surface area (Å²) in [6.07, 6.45) is 0. The Labute approximate surface area is 168 Å². The Morgan fingerprint density at radius 2 is 1.79 bits per heavy atom. The highest BCUT2D eigenvalue weighted by molar-refractivity contribution is 5.58. The first-order valence-corrected chi connectivity index (χ1v) is 9.43. The van der Waals surface area contributed by atoms with Crippen molar-refractivity contribution in [2.45, 2.75) is 32.7 Å². The molecule has 148 valence electrons. The van der Waals surface area contributed by atoms with E-state index in [0.717, 1.165) is 5.56 Å². The second-order valence-corrected chi connectivity index (χ2v) is 7.99. The van der Waals surface area contributed by atoms with Crippen LogP contribution in [0.4, 0.5) is 5.69 Å². The lowest BCUT2D eigenvalue weighted by Gasteiger charge is -2.18. The first kappa shape index (κ1) is 18.7. The molecule has 7 nitrogen and oxygen atoms in total. The molecule has 2 heterocycles. The molecule has 0 aliphatic carbocycles. The molecule has 0 radical (unpaired) electrons. The Bertz CT molecular complexity index is 1220. The van der Waals surface area contributed by atoms with E-state index in [0.29, 0.717) is 29.5 Å². The van der Waals surface area contributed by atoms with Gasteiger partial charge in [0.05, 0.1) is 17.9 Å². The summed E-state index contributed by atoms with van der Waals surface area (Å²) < 4.78 is 1.33. The molecule has 0 amide bonds. The van der Waals surface area contributed by atoms with Crippen LogP contribution in [0.15, 0.2) is 59.4 Å². The number of aromatic amines is 1. The van der Waals surface area contributed by atoms with Crippen LogP contribution in [-0.4, -0.2) is 24.7 Å². The van der Waals surface area contributed by atoms with Crippen LogP contribution in [0, 0.1) is 0 Å². The summed E-state index contributed by atoms with van der Waals surface area (Å²) in [6.45, 7) is 6.79. The SMILES string of the molecule is CC(C)(C)c1ccc(-c2nc3nc(CNc4ccccc4O)cc(=O)n3[nH]2)cc1. The summed E-state index contributed by atoms with van der Waals surface area (Å²) in [4.78, 5) is 21.4. The molecule has 0 saturated heterocycles. The fourth-order valence-corrected chi connectivity index (χ4v) is 3.08. The summed E-state index contributed by atoms with van der Waals surface area (Å²) in [5.41, 5.74) is 3.06. The molecule has 0 spiro atoms. The van der Waals surface area contributed by atoms with E-state index in [-0.39, 0.29) is 16.7 Å². The van der Waals surface area contributed by atoms with Crippen molar-refractivity contribution in [3.63, 3.8) is 0 Å². The molecular weight excluding hydrogens is 366 g/mol. The van der Waals surface area contributed by atoms with Gasteiger partial charge in [-0.3, -0.25) is 9.89 Å². The molecular formula is C22H23N5O2. The van der Waals surface area contributed by atoms with Crippen LogP contribution in [0.5, 0.6) is 5.75 Å². The van der Waals surface area contributed by atoms with E-state index < -0.39 is 0 Å². The van der Waals surface area contributed by atoms with Crippen molar-refractivity contribution in [2.75, 3.05) is 5.32 Å². The third kappa shape index (κ3) is 3.85. The summed E-state index contributed by atoms with van der Waals surface area (Å²) in [5, 5.41) is 15.9. The fourth-order valence-electron chi connectivity index (χ4n) is 3.08. The van der Waals surface area contributed by atoms with Gasteiger partial charge in [-0.05, 0) is 23.1 Å². The second kappa shape index (κ2) is 7.09. The van der Waals surface area contributed by atoms with Gasteiger partial charge in [-0.1, -0.05) is 57.2 Å². The maximum atomic E-state index is 12.5. The summed E-state index contributed by atoms with van der Waals surface area (Å²) >= 11 is 0. The molecule has 4 rings (SSSR count). The number of para-hydroxylation sites is 2. The summed E-state index contributed by atoms with van der Waals surface area (Å²) in [7, 11) is 0. The number of aromatic hydroxyl groups is 1. The molecule has 0 aliphatic heterocycles. The van der Waals surface area contributed by atoms with Gasteiger partial charge in [0.2, 0.25) is 0 Å². The number of fused-ring (bicyclic) bond motifs is 1. The Morgan fingerprint density at radius 3 is 2.48 bits per heavy atom. The number of rotatable bonds is 4. The lowest BCUT2D eigenvalue weighted by molar-refractivity contribution is 0.477. The fraction of sp³-hybridized carbons (Fsp3) is 0.227. The van der Waals surface area contributed by atoms with E-state index in [2.05, 4.69) is 53.3 Å². The van der Waals surface area contributed by atoms with Gasteiger partial charge < -0.3 is 10.4 Å². The second-order valence-electron chi connectivity index (χ2n) is 7.99. The topological polar surface area (TPSA) is 95.3 Å². The van der Waals surface area contributed by atoms with E-state index in [1.165, 1.54) is 16.1 Å². The number of anilines is 1. The number of nitrogens with zero attached hydrogens (tertiary/aromatic N) is 3. The van der Waals surface area contributed by atoms with Crippen LogP contribution < -0.4 is 10.9 Å². The monoisotopic (exact) mass is 389 g/mol. The van der Waals surface area contributed by atoms with Crippen molar-refractivity contribution >= 4 is 11.5 Å². The molecule has 2 aromatic heterocycles. The number of H-pyrrole nitrogens is 1. The van der Waals surface area contributed by atoms with E-state index in [4.69, 9.17) is 0 Å². The summed E-state index contributed by atoms with van der Waals surface area (Å²) in [6, 6.07) is 16.5. The van der Waals surface area contributed by atoms with Crippen LogP contribution in [0.25, 0.3) is 17.2 Å². The van der Waals surface area contributed by atoms with Crippen LogP contribution in [0.2, 0.25) is 0 Å². The highest BCUT2D eigenvalue weighted by Crippen LogP contribution is 2.25. The minimum absolute atomic E-state index is 0.0694. The van der Waals surface area contributed by atoms with Gasteiger partial charge in [-0.25, -0.2) is 4.98 Å². The molecule has 2 aromatic carbocycles. The number of aromatic nitrogens is 4. The normalized spacial score (nSPS) is 11.7. The van der Waals surface area contributed by atoms with Crippen molar-refractivity contribution in [1.82, 2.24) is 19.6 Å². The molecule has 0 unspecified atom stereocenters. The molecule has 7 heteroatoms. The van der Waals surface area contributed by atoms with E-state index >= 15 is 0 Å². The van der Waals surface area contributed by atoms with E-state index in [9.17, 15) is 9.90 Å². The van der Waals surface area contributed by atoms with Crippen molar-refractivity contribution in [2.24, 2.45) is 0 Å². The highest BCUT2D eigenvalue weighted by atomic mass is 16.3. The lowest BCUT2D eigenvalue weighted by Crippen LogP contribution is -2.17. The van der Waals surface area contributed by atoms with Gasteiger partial charge >= 0.3 is 0 Å². The van der Waals surface area contributed by atoms with Gasteiger partial charge in [0.25, 0.3) is 11.3 Å². The van der Waals surface area contributed by atoms with Crippen molar-refractivity contribution in [1.29, 1.82) is 0 Å². The zero-order valence-electron chi connectivity index (χ0n) is 16.6. The maximum Gasteiger partial charge on any atom is 0.274 e. The Balaban J connectivity index is 1.62. The standard InChI is InChI=1S/C22H23N5O2/c1-22(2,3)15-10-8-14(9-11-15)20-25-21-24-16(12-19(29)27(21)26-20)13-23-17-6-4-5-7-18(17)28/h4-12,23,28H,13H2,1-3H3,(H,24,25,26). The average molecular weight is 389 g/mol. The molecule has 3 N–H and O–H groups in total. The van der Waals surface area contributed by atoms with Crippen LogP contribution in [0.3, 0.4) is 0 Å². The molecule has 0 bridgehead atoms. The third-order valence-corrected chi connectivity index (χ3v) is 4.77. The predicted octanol–water partition coefficient (Wildman–Crippen LogP) is 3.70. The van der Waals surface area contributed by atoms with Crippen LogP contribution >= 0.6 is 0 Å². The van der Waals surface area contributed by atoms with Crippen LogP contribution in [0.1, 0.15) is 32.0 Å². The maximum absolute atomic E-state index is 12.5. The average Bonchev–Trinajstić information content (AvgIpc) is 3.12. The number of nitrogens with one attached hydrogen (secondary N) is 2. The van der Waals surface area contributed by atoms with Gasteiger partial charge in [0.15, 0.2) is 5.82 Å². The molecule has 0 atom stereocenters. The number of hydrogen-bond acceptors (Lipinski definition) is 5. The highest BCUT2D eigenvalue weighted by Gasteiger charge is 2.14.